The summed E-state index contributed by atoms with van der Waals surface area (Å²) in [7, 11) is 1.66. The predicted octanol–water partition coefficient (Wildman–Crippen LogP) is 2.63. The minimum atomic E-state index is -0.799. The van der Waals surface area contributed by atoms with Crippen LogP contribution in [0.2, 0.25) is 0 Å². The molecule has 0 unspecified atom stereocenters. The van der Waals surface area contributed by atoms with Crippen molar-refractivity contribution in [3.63, 3.8) is 0 Å². The quantitative estimate of drug-likeness (QED) is 0.654. The second-order valence-electron chi connectivity index (χ2n) is 6.89. The maximum atomic E-state index is 12.4. The Morgan fingerprint density at radius 2 is 1.82 bits per heavy atom. The molecule has 28 heavy (non-hydrogen) atoms. The van der Waals surface area contributed by atoms with Crippen LogP contribution in [-0.4, -0.2) is 42.4 Å². The van der Waals surface area contributed by atoms with Crippen LogP contribution in [0.4, 0.5) is 0 Å². The van der Waals surface area contributed by atoms with E-state index in [4.69, 9.17) is 4.74 Å². The average Bonchev–Trinajstić information content (AvgIpc) is 3.17. The Hall–Kier alpha value is -2.67. The average molecular weight is 403 g/mol. The van der Waals surface area contributed by atoms with Gasteiger partial charge in [-0.2, -0.15) is 0 Å². The molecule has 0 bridgehead atoms. The lowest BCUT2D eigenvalue weighted by Gasteiger charge is -2.22. The summed E-state index contributed by atoms with van der Waals surface area (Å²) in [5.74, 6) is -1.32. The fourth-order valence-corrected chi connectivity index (χ4v) is 3.32. The van der Waals surface area contributed by atoms with Crippen molar-refractivity contribution < 1.29 is 19.1 Å². The maximum Gasteiger partial charge on any atom is 0.329 e. The molecular weight excluding hydrogens is 376 g/mol. The molecule has 2 amide bonds. The van der Waals surface area contributed by atoms with Gasteiger partial charge in [0, 0.05) is 11.9 Å². The Balaban J connectivity index is 1.84. The molecule has 0 fully saturated rings. The molecule has 2 aromatic rings. The number of likely N-dealkylation sites (N-methyl/N-ethyl adjacent to an activating group) is 1. The van der Waals surface area contributed by atoms with Crippen LogP contribution < -0.4 is 5.32 Å². The Morgan fingerprint density at radius 1 is 1.11 bits per heavy atom. The minimum absolute atomic E-state index is 0.161. The summed E-state index contributed by atoms with van der Waals surface area (Å²) in [5.41, 5.74) is 0.862. The van der Waals surface area contributed by atoms with Crippen molar-refractivity contribution in [1.29, 1.82) is 0 Å². The van der Waals surface area contributed by atoms with Crippen LogP contribution in [0.25, 0.3) is 0 Å². The van der Waals surface area contributed by atoms with E-state index in [1.165, 1.54) is 4.90 Å². The van der Waals surface area contributed by atoms with Crippen LogP contribution in [0.1, 0.15) is 24.3 Å². The standard InChI is InChI=1S/C21H26N2O4S/c1-15(2)20(22-18(24)12-16-8-5-4-6-9-16)21(26)27-14-19(25)23(3)13-17-10-7-11-28-17/h4-11,15,20H,12-14H2,1-3H3,(H,22,24)/t20-/m0/s1. The molecule has 0 aliphatic rings. The van der Waals surface area contributed by atoms with Crippen LogP contribution in [0.3, 0.4) is 0 Å². The molecule has 7 heteroatoms. The van der Waals surface area contributed by atoms with Crippen LogP contribution in [0.15, 0.2) is 47.8 Å². The third-order valence-electron chi connectivity index (χ3n) is 4.18. The molecule has 1 heterocycles. The highest BCUT2D eigenvalue weighted by Crippen LogP contribution is 2.11. The third-order valence-corrected chi connectivity index (χ3v) is 5.04. The van der Waals surface area contributed by atoms with E-state index in [1.54, 1.807) is 18.4 Å². The Morgan fingerprint density at radius 3 is 2.43 bits per heavy atom. The molecular formula is C21H26N2O4S. The summed E-state index contributed by atoms with van der Waals surface area (Å²) in [6, 6.07) is 12.4. The van der Waals surface area contributed by atoms with Crippen LogP contribution in [0, 0.1) is 5.92 Å². The van der Waals surface area contributed by atoms with E-state index < -0.39 is 12.0 Å². The first kappa shape index (κ1) is 21.6. The maximum absolute atomic E-state index is 12.4. The van der Waals surface area contributed by atoms with Gasteiger partial charge in [0.25, 0.3) is 5.91 Å². The van der Waals surface area contributed by atoms with E-state index >= 15 is 0 Å². The number of carbonyl (C=O) groups excluding carboxylic acids is 3. The number of thiophene rings is 1. The zero-order chi connectivity index (χ0) is 20.5. The van der Waals surface area contributed by atoms with Gasteiger partial charge in [0.15, 0.2) is 6.61 Å². The highest BCUT2D eigenvalue weighted by Gasteiger charge is 2.26. The molecule has 0 aliphatic carbocycles. The van der Waals surface area contributed by atoms with Crippen molar-refractivity contribution in [1.82, 2.24) is 10.2 Å². The Kier molecular flexibility index (Phi) is 8.19. The van der Waals surface area contributed by atoms with Crippen molar-refractivity contribution in [2.75, 3.05) is 13.7 Å². The lowest BCUT2D eigenvalue weighted by atomic mass is 10.0. The first-order chi connectivity index (χ1) is 13.4. The van der Waals surface area contributed by atoms with Gasteiger partial charge in [0.1, 0.15) is 6.04 Å². The number of rotatable bonds is 9. The zero-order valence-electron chi connectivity index (χ0n) is 16.4. The molecule has 0 radical (unpaired) electrons. The fraction of sp³-hybridized carbons (Fsp3) is 0.381. The van der Waals surface area contributed by atoms with Gasteiger partial charge >= 0.3 is 5.97 Å². The lowest BCUT2D eigenvalue weighted by molar-refractivity contribution is -0.155. The van der Waals surface area contributed by atoms with E-state index in [2.05, 4.69) is 5.32 Å². The van der Waals surface area contributed by atoms with Gasteiger partial charge in [-0.3, -0.25) is 9.59 Å². The zero-order valence-corrected chi connectivity index (χ0v) is 17.2. The molecule has 150 valence electrons. The summed E-state index contributed by atoms with van der Waals surface area (Å²) in [5, 5.41) is 4.66. The van der Waals surface area contributed by atoms with Gasteiger partial charge in [-0.25, -0.2) is 4.79 Å². The Labute approximate surface area is 169 Å². The molecule has 0 spiro atoms. The van der Waals surface area contributed by atoms with E-state index in [-0.39, 0.29) is 30.8 Å². The summed E-state index contributed by atoms with van der Waals surface area (Å²) < 4.78 is 5.18. The summed E-state index contributed by atoms with van der Waals surface area (Å²) in [6.07, 6.45) is 0.180. The molecule has 0 saturated heterocycles. The van der Waals surface area contributed by atoms with Crippen molar-refractivity contribution in [2.24, 2.45) is 5.92 Å². The van der Waals surface area contributed by atoms with E-state index in [0.29, 0.717) is 6.54 Å². The number of benzene rings is 1. The smallest absolute Gasteiger partial charge is 0.329 e. The first-order valence-electron chi connectivity index (χ1n) is 9.13. The number of amides is 2. The summed E-state index contributed by atoms with van der Waals surface area (Å²) in [4.78, 5) is 39.4. The van der Waals surface area contributed by atoms with Crippen molar-refractivity contribution >= 4 is 29.1 Å². The van der Waals surface area contributed by atoms with Crippen molar-refractivity contribution in [3.8, 4) is 0 Å². The summed E-state index contributed by atoms with van der Waals surface area (Å²) in [6.45, 7) is 3.76. The van der Waals surface area contributed by atoms with E-state index in [0.717, 1.165) is 10.4 Å². The molecule has 1 N–H and O–H groups in total. The van der Waals surface area contributed by atoms with Gasteiger partial charge < -0.3 is 15.0 Å². The number of nitrogens with one attached hydrogen (secondary N) is 1. The fourth-order valence-electron chi connectivity index (χ4n) is 2.56. The number of hydrogen-bond donors (Lipinski definition) is 1. The molecule has 2 rings (SSSR count). The van der Waals surface area contributed by atoms with E-state index in [1.807, 2.05) is 61.7 Å². The number of carbonyl (C=O) groups is 3. The lowest BCUT2D eigenvalue weighted by Crippen LogP contribution is -2.46. The van der Waals surface area contributed by atoms with Gasteiger partial charge in [0.2, 0.25) is 5.91 Å². The molecule has 1 atom stereocenters. The normalized spacial score (nSPS) is 11.7. The molecule has 0 saturated carbocycles. The largest absolute Gasteiger partial charge is 0.454 e. The van der Waals surface area contributed by atoms with Crippen LogP contribution in [-0.2, 0) is 32.1 Å². The van der Waals surface area contributed by atoms with Crippen molar-refractivity contribution in [3.05, 3.63) is 58.3 Å². The number of ether oxygens (including phenoxy) is 1. The topological polar surface area (TPSA) is 75.7 Å². The second-order valence-corrected chi connectivity index (χ2v) is 7.92. The number of nitrogens with zero attached hydrogens (tertiary/aromatic N) is 1. The van der Waals surface area contributed by atoms with Gasteiger partial charge in [-0.15, -0.1) is 11.3 Å². The molecule has 1 aromatic heterocycles. The van der Waals surface area contributed by atoms with Gasteiger partial charge in [-0.1, -0.05) is 50.2 Å². The molecule has 1 aromatic carbocycles. The summed E-state index contributed by atoms with van der Waals surface area (Å²) >= 11 is 1.56. The highest BCUT2D eigenvalue weighted by molar-refractivity contribution is 7.09. The number of hydrogen-bond acceptors (Lipinski definition) is 5. The predicted molar refractivity (Wildman–Crippen MR) is 109 cm³/mol. The van der Waals surface area contributed by atoms with Gasteiger partial charge in [-0.05, 0) is 22.9 Å². The molecule has 0 aliphatic heterocycles. The SMILES string of the molecule is CC(C)[C@H](NC(=O)Cc1ccccc1)C(=O)OCC(=O)N(C)Cc1cccs1. The monoisotopic (exact) mass is 402 g/mol. The Bertz CT molecular complexity index is 775. The van der Waals surface area contributed by atoms with Crippen LogP contribution >= 0.6 is 11.3 Å². The first-order valence-corrected chi connectivity index (χ1v) is 10.0. The minimum Gasteiger partial charge on any atom is -0.454 e. The van der Waals surface area contributed by atoms with Gasteiger partial charge in [0.05, 0.1) is 13.0 Å². The molecule has 6 nitrogen and oxygen atoms in total. The second kappa shape index (κ2) is 10.6. The van der Waals surface area contributed by atoms with Crippen LogP contribution in [0.5, 0.6) is 0 Å². The van der Waals surface area contributed by atoms with Crippen molar-refractivity contribution in [2.45, 2.75) is 32.9 Å². The van der Waals surface area contributed by atoms with E-state index in [9.17, 15) is 14.4 Å². The third kappa shape index (κ3) is 6.81. The number of esters is 1. The highest BCUT2D eigenvalue weighted by atomic mass is 32.1.